The van der Waals surface area contributed by atoms with E-state index < -0.39 is 6.10 Å². The average Bonchev–Trinajstić information content (AvgIpc) is 3.45. The molecular formula is C73H130O6. The van der Waals surface area contributed by atoms with Crippen molar-refractivity contribution in [3.8, 4) is 0 Å². The van der Waals surface area contributed by atoms with Crippen molar-refractivity contribution in [2.75, 3.05) is 13.2 Å². The second kappa shape index (κ2) is 67.4. The fourth-order valence-corrected chi connectivity index (χ4v) is 10.1. The first-order chi connectivity index (χ1) is 39.0. The number of esters is 3. The quantitative estimate of drug-likeness (QED) is 0.0261. The smallest absolute Gasteiger partial charge is 0.306 e. The van der Waals surface area contributed by atoms with E-state index in [9.17, 15) is 14.4 Å². The van der Waals surface area contributed by atoms with Crippen molar-refractivity contribution in [2.24, 2.45) is 0 Å². The van der Waals surface area contributed by atoms with Gasteiger partial charge in [0.2, 0.25) is 0 Å². The molecule has 0 aromatic heterocycles. The minimum absolute atomic E-state index is 0.0718. The highest BCUT2D eigenvalue weighted by atomic mass is 16.6. The summed E-state index contributed by atoms with van der Waals surface area (Å²) in [7, 11) is 0. The van der Waals surface area contributed by atoms with Gasteiger partial charge in [0, 0.05) is 19.3 Å². The number of hydrogen-bond donors (Lipinski definition) is 0. The van der Waals surface area contributed by atoms with Crippen LogP contribution in [0.2, 0.25) is 0 Å². The molecule has 0 saturated carbocycles. The molecule has 0 aliphatic carbocycles. The maximum atomic E-state index is 12.9. The largest absolute Gasteiger partial charge is 0.462 e. The minimum Gasteiger partial charge on any atom is -0.462 e. The van der Waals surface area contributed by atoms with E-state index in [1.807, 2.05) is 0 Å². The molecule has 0 fully saturated rings. The van der Waals surface area contributed by atoms with Gasteiger partial charge in [-0.25, -0.2) is 0 Å². The maximum Gasteiger partial charge on any atom is 0.306 e. The summed E-state index contributed by atoms with van der Waals surface area (Å²) in [6, 6.07) is 0. The highest BCUT2D eigenvalue weighted by Crippen LogP contribution is 2.18. The molecule has 1 atom stereocenters. The Labute approximate surface area is 491 Å². The highest BCUT2D eigenvalue weighted by Gasteiger charge is 2.19. The molecule has 6 heteroatoms. The second-order valence-corrected chi connectivity index (χ2v) is 23.1. The van der Waals surface area contributed by atoms with Crippen molar-refractivity contribution in [3.63, 3.8) is 0 Å². The van der Waals surface area contributed by atoms with E-state index in [0.717, 1.165) is 89.9 Å². The molecule has 6 nitrogen and oxygen atoms in total. The zero-order chi connectivity index (χ0) is 57.1. The summed E-state index contributed by atoms with van der Waals surface area (Å²) in [4.78, 5) is 38.3. The van der Waals surface area contributed by atoms with Gasteiger partial charge in [-0.1, -0.05) is 318 Å². The topological polar surface area (TPSA) is 78.9 Å². The van der Waals surface area contributed by atoms with E-state index in [4.69, 9.17) is 14.2 Å². The van der Waals surface area contributed by atoms with Crippen LogP contribution in [-0.4, -0.2) is 37.2 Å². The molecule has 458 valence electrons. The molecular weight excluding hydrogens is 973 g/mol. The van der Waals surface area contributed by atoms with Gasteiger partial charge in [-0.05, 0) is 89.9 Å². The monoisotopic (exact) mass is 1100 g/mol. The molecule has 0 spiro atoms. The van der Waals surface area contributed by atoms with E-state index in [1.165, 1.54) is 225 Å². The van der Waals surface area contributed by atoms with Gasteiger partial charge in [-0.2, -0.15) is 0 Å². The molecule has 0 amide bonds. The van der Waals surface area contributed by atoms with Gasteiger partial charge in [0.1, 0.15) is 13.2 Å². The molecule has 0 heterocycles. The van der Waals surface area contributed by atoms with Gasteiger partial charge in [-0.15, -0.1) is 0 Å². The lowest BCUT2D eigenvalue weighted by atomic mass is 10.0. The van der Waals surface area contributed by atoms with Gasteiger partial charge in [0.05, 0.1) is 0 Å². The lowest BCUT2D eigenvalue weighted by Gasteiger charge is -2.18. The highest BCUT2D eigenvalue weighted by molar-refractivity contribution is 5.71. The SMILES string of the molecule is CC/C=C\C/C=C\C/C=C\C/C=C\CCCCCCCCCCCCCCC(=O)OC(COC(=O)CCCCCCCCCCC)COC(=O)CCCCCCCCCCCCCCCCC/C=C\C/C=C\CCCCCCC. The first-order valence-electron chi connectivity index (χ1n) is 34.4. The molecule has 0 N–H and O–H groups in total. The van der Waals surface area contributed by atoms with Crippen LogP contribution < -0.4 is 0 Å². The number of ether oxygens (including phenoxy) is 3. The number of unbranched alkanes of at least 4 members (excludes halogenated alkanes) is 40. The van der Waals surface area contributed by atoms with E-state index in [2.05, 4.69) is 93.7 Å². The zero-order valence-electron chi connectivity index (χ0n) is 52.6. The maximum absolute atomic E-state index is 12.9. The molecule has 0 aliphatic heterocycles. The van der Waals surface area contributed by atoms with Crippen LogP contribution in [0.1, 0.15) is 355 Å². The first kappa shape index (κ1) is 75.8. The Bertz CT molecular complexity index is 1450. The van der Waals surface area contributed by atoms with Gasteiger partial charge >= 0.3 is 17.9 Å². The Balaban J connectivity index is 4.15. The molecule has 0 bridgehead atoms. The Morgan fingerprint density at radius 2 is 0.494 bits per heavy atom. The van der Waals surface area contributed by atoms with Gasteiger partial charge in [-0.3, -0.25) is 14.4 Å². The van der Waals surface area contributed by atoms with Crippen LogP contribution in [0.5, 0.6) is 0 Å². The van der Waals surface area contributed by atoms with Crippen LogP contribution in [0, 0.1) is 0 Å². The summed E-state index contributed by atoms with van der Waals surface area (Å²) in [5, 5.41) is 0. The summed E-state index contributed by atoms with van der Waals surface area (Å²) in [5.41, 5.74) is 0. The molecule has 79 heavy (non-hydrogen) atoms. The van der Waals surface area contributed by atoms with E-state index in [-0.39, 0.29) is 31.1 Å². The lowest BCUT2D eigenvalue weighted by molar-refractivity contribution is -0.167. The van der Waals surface area contributed by atoms with E-state index >= 15 is 0 Å². The summed E-state index contributed by atoms with van der Waals surface area (Å²) < 4.78 is 16.9. The third kappa shape index (κ3) is 65.5. The number of rotatable bonds is 63. The summed E-state index contributed by atoms with van der Waals surface area (Å²) >= 11 is 0. The van der Waals surface area contributed by atoms with Crippen molar-refractivity contribution in [2.45, 2.75) is 361 Å². The van der Waals surface area contributed by atoms with Crippen molar-refractivity contribution in [1.82, 2.24) is 0 Å². The first-order valence-corrected chi connectivity index (χ1v) is 34.4. The van der Waals surface area contributed by atoms with Crippen molar-refractivity contribution >= 4 is 17.9 Å². The molecule has 0 aromatic carbocycles. The molecule has 0 aliphatic rings. The third-order valence-electron chi connectivity index (χ3n) is 15.2. The normalized spacial score (nSPS) is 12.5. The van der Waals surface area contributed by atoms with Crippen LogP contribution in [0.4, 0.5) is 0 Å². The number of hydrogen-bond acceptors (Lipinski definition) is 6. The second-order valence-electron chi connectivity index (χ2n) is 23.1. The summed E-state index contributed by atoms with van der Waals surface area (Å²) in [6.07, 6.45) is 87.9. The van der Waals surface area contributed by atoms with Crippen molar-refractivity contribution in [1.29, 1.82) is 0 Å². The van der Waals surface area contributed by atoms with Gasteiger partial charge < -0.3 is 14.2 Å². The van der Waals surface area contributed by atoms with Crippen molar-refractivity contribution < 1.29 is 28.6 Å². The van der Waals surface area contributed by atoms with Crippen LogP contribution in [0.15, 0.2) is 72.9 Å². The molecule has 0 rings (SSSR count). The number of allylic oxidation sites excluding steroid dienone is 12. The fourth-order valence-electron chi connectivity index (χ4n) is 10.1. The number of carbonyl (C=O) groups is 3. The van der Waals surface area contributed by atoms with Crippen LogP contribution in [-0.2, 0) is 28.6 Å². The van der Waals surface area contributed by atoms with Gasteiger partial charge in [0.25, 0.3) is 0 Å². The third-order valence-corrected chi connectivity index (χ3v) is 15.2. The zero-order valence-corrected chi connectivity index (χ0v) is 52.6. The Morgan fingerprint density at radius 3 is 0.772 bits per heavy atom. The average molecular weight is 1100 g/mol. The predicted octanol–water partition coefficient (Wildman–Crippen LogP) is 23.7. The van der Waals surface area contributed by atoms with Gasteiger partial charge in [0.15, 0.2) is 6.10 Å². The summed E-state index contributed by atoms with van der Waals surface area (Å²) in [6.45, 7) is 6.54. The summed E-state index contributed by atoms with van der Waals surface area (Å²) in [5.74, 6) is -0.858. The number of carbonyl (C=O) groups excluding carboxylic acids is 3. The Hall–Kier alpha value is -3.15. The van der Waals surface area contributed by atoms with E-state index in [0.29, 0.717) is 19.3 Å². The Kier molecular flexibility index (Phi) is 64.7. The minimum atomic E-state index is -0.774. The molecule has 0 aromatic rings. The molecule has 0 saturated heterocycles. The van der Waals surface area contributed by atoms with Crippen LogP contribution in [0.3, 0.4) is 0 Å². The van der Waals surface area contributed by atoms with Crippen molar-refractivity contribution in [3.05, 3.63) is 72.9 Å². The molecule has 1 unspecified atom stereocenters. The standard InChI is InChI=1S/C73H130O6/c1-4-7-10-13-16-19-21-23-25-27-29-31-33-35-36-38-39-41-43-45-47-49-51-54-57-60-63-66-72(75)78-69-70(68-77-71(74)65-62-59-56-53-18-15-12-9-6-3)79-73(76)67-64-61-58-55-52-50-48-46-44-42-40-37-34-32-30-28-26-24-22-20-17-14-11-8-5-2/h8,11,17,20-21,23-24,26-27,29-30,32,70H,4-7,9-10,12-16,18-19,22,25,28,31,33-69H2,1-3H3/b11-8-,20-17-,23-21-,26-24-,29-27-,32-30-. The lowest BCUT2D eigenvalue weighted by Crippen LogP contribution is -2.30. The van der Waals surface area contributed by atoms with Crippen LogP contribution in [0.25, 0.3) is 0 Å². The van der Waals surface area contributed by atoms with Crippen LogP contribution >= 0.6 is 0 Å². The predicted molar refractivity (Wildman–Crippen MR) is 344 cm³/mol. The van der Waals surface area contributed by atoms with E-state index in [1.54, 1.807) is 0 Å². The fraction of sp³-hybridized carbons (Fsp3) is 0.795. The Morgan fingerprint density at radius 1 is 0.266 bits per heavy atom. The molecule has 0 radical (unpaired) electrons.